The van der Waals surface area contributed by atoms with Crippen molar-refractivity contribution < 1.29 is 4.79 Å². The summed E-state index contributed by atoms with van der Waals surface area (Å²) in [5.41, 5.74) is 5.00. The molecule has 0 unspecified atom stereocenters. The first kappa shape index (κ1) is 17.7. The summed E-state index contributed by atoms with van der Waals surface area (Å²) >= 11 is 0. The van der Waals surface area contributed by atoms with Crippen LogP contribution in [0.25, 0.3) is 22.6 Å². The molecule has 0 fully saturated rings. The number of nitrogens with one attached hydrogen (secondary N) is 1. The minimum atomic E-state index is -0.160. The quantitative estimate of drug-likeness (QED) is 0.595. The van der Waals surface area contributed by atoms with E-state index in [0.717, 1.165) is 28.1 Å². The molecular formula is C21H20N6O. The van der Waals surface area contributed by atoms with Crippen LogP contribution in [0.2, 0.25) is 0 Å². The summed E-state index contributed by atoms with van der Waals surface area (Å²) in [4.78, 5) is 21.5. The largest absolute Gasteiger partial charge is 0.346 e. The van der Waals surface area contributed by atoms with Gasteiger partial charge in [0.15, 0.2) is 5.82 Å². The molecule has 28 heavy (non-hydrogen) atoms. The second kappa shape index (κ2) is 7.11. The van der Waals surface area contributed by atoms with Crippen molar-refractivity contribution in [3.05, 3.63) is 72.4 Å². The molecule has 0 aliphatic rings. The highest BCUT2D eigenvalue weighted by Gasteiger charge is 2.14. The van der Waals surface area contributed by atoms with Crippen LogP contribution in [0, 0.1) is 6.92 Å². The number of carbonyl (C=O) groups is 1. The van der Waals surface area contributed by atoms with Crippen molar-refractivity contribution in [1.82, 2.24) is 24.3 Å². The van der Waals surface area contributed by atoms with E-state index in [1.54, 1.807) is 27.8 Å². The molecule has 7 nitrogen and oxygen atoms in total. The van der Waals surface area contributed by atoms with E-state index < -0.39 is 0 Å². The molecule has 1 N–H and O–H groups in total. The average molecular weight is 372 g/mol. The van der Waals surface area contributed by atoms with Crippen molar-refractivity contribution in [2.24, 2.45) is 14.1 Å². The highest BCUT2D eigenvalue weighted by atomic mass is 16.1. The van der Waals surface area contributed by atoms with Crippen LogP contribution < -0.4 is 5.32 Å². The minimum Gasteiger partial charge on any atom is -0.346 e. The van der Waals surface area contributed by atoms with Gasteiger partial charge < -0.3 is 9.88 Å². The lowest BCUT2D eigenvalue weighted by atomic mass is 10.2. The van der Waals surface area contributed by atoms with Gasteiger partial charge in [-0.05, 0) is 36.8 Å². The van der Waals surface area contributed by atoms with E-state index in [2.05, 4.69) is 20.4 Å². The average Bonchev–Trinajstić information content (AvgIpc) is 3.27. The fourth-order valence-electron chi connectivity index (χ4n) is 3.07. The van der Waals surface area contributed by atoms with E-state index in [0.29, 0.717) is 11.5 Å². The molecule has 0 bridgehead atoms. The molecule has 7 heteroatoms. The van der Waals surface area contributed by atoms with E-state index in [9.17, 15) is 4.79 Å². The number of rotatable bonds is 4. The number of nitrogens with zero attached hydrogens (tertiary/aromatic N) is 5. The Kier molecular flexibility index (Phi) is 4.49. The van der Waals surface area contributed by atoms with Gasteiger partial charge in [-0.25, -0.2) is 9.97 Å². The number of aromatic nitrogens is 5. The first-order valence-corrected chi connectivity index (χ1v) is 8.86. The number of benzene rings is 1. The minimum absolute atomic E-state index is 0.160. The Morgan fingerprint density at radius 3 is 2.50 bits per heavy atom. The number of amides is 1. The van der Waals surface area contributed by atoms with Gasteiger partial charge in [0.1, 0.15) is 11.4 Å². The first-order chi connectivity index (χ1) is 13.5. The van der Waals surface area contributed by atoms with Crippen LogP contribution in [-0.4, -0.2) is 30.2 Å². The number of anilines is 1. The molecule has 3 heterocycles. The first-order valence-electron chi connectivity index (χ1n) is 8.86. The third-order valence-electron chi connectivity index (χ3n) is 4.55. The Morgan fingerprint density at radius 2 is 1.82 bits per heavy atom. The van der Waals surface area contributed by atoms with Gasteiger partial charge in [0.2, 0.25) is 0 Å². The summed E-state index contributed by atoms with van der Waals surface area (Å²) in [6.45, 7) is 1.99. The zero-order valence-corrected chi connectivity index (χ0v) is 15.9. The summed E-state index contributed by atoms with van der Waals surface area (Å²) in [6.07, 6.45) is 7.12. The van der Waals surface area contributed by atoms with Crippen molar-refractivity contribution in [3.63, 3.8) is 0 Å². The zero-order valence-electron chi connectivity index (χ0n) is 15.9. The topological polar surface area (TPSA) is 77.6 Å². The van der Waals surface area contributed by atoms with Gasteiger partial charge >= 0.3 is 0 Å². The monoisotopic (exact) mass is 372 g/mol. The molecule has 1 aromatic carbocycles. The standard InChI is InChI=1S/C21H20N6O/c1-14-5-4-6-17(9-14)25-21(28)19-10-15(13-26(19)2)16-11-22-20(23-12-16)18-7-8-24-27(18)3/h4-13H,1-3H3,(H,25,28). The van der Waals surface area contributed by atoms with Gasteiger partial charge in [-0.2, -0.15) is 5.10 Å². The lowest BCUT2D eigenvalue weighted by Gasteiger charge is -2.06. The van der Waals surface area contributed by atoms with Crippen molar-refractivity contribution in [2.75, 3.05) is 5.32 Å². The predicted octanol–water partition coefficient (Wildman–Crippen LogP) is 3.44. The summed E-state index contributed by atoms with van der Waals surface area (Å²) < 4.78 is 3.53. The van der Waals surface area contributed by atoms with Crippen molar-refractivity contribution in [2.45, 2.75) is 6.92 Å². The Hall–Kier alpha value is -3.74. The van der Waals surface area contributed by atoms with Gasteiger partial charge in [-0.3, -0.25) is 9.48 Å². The molecular weight excluding hydrogens is 352 g/mol. The van der Waals surface area contributed by atoms with E-state index in [4.69, 9.17) is 0 Å². The number of hydrogen-bond donors (Lipinski definition) is 1. The lowest BCUT2D eigenvalue weighted by molar-refractivity contribution is 0.101. The Bertz CT molecular complexity index is 1140. The van der Waals surface area contributed by atoms with Crippen LogP contribution in [0.15, 0.2) is 61.2 Å². The fourth-order valence-corrected chi connectivity index (χ4v) is 3.07. The van der Waals surface area contributed by atoms with E-state index in [-0.39, 0.29) is 5.91 Å². The molecule has 0 spiro atoms. The predicted molar refractivity (Wildman–Crippen MR) is 108 cm³/mol. The van der Waals surface area contributed by atoms with Crippen LogP contribution >= 0.6 is 0 Å². The smallest absolute Gasteiger partial charge is 0.272 e. The third-order valence-corrected chi connectivity index (χ3v) is 4.55. The number of carbonyl (C=O) groups excluding carboxylic acids is 1. The van der Waals surface area contributed by atoms with E-state index in [1.165, 1.54) is 0 Å². The van der Waals surface area contributed by atoms with Gasteiger partial charge in [0.05, 0.1) is 0 Å². The summed E-state index contributed by atoms with van der Waals surface area (Å²) in [7, 11) is 3.70. The van der Waals surface area contributed by atoms with Crippen LogP contribution in [0.5, 0.6) is 0 Å². The highest BCUT2D eigenvalue weighted by molar-refractivity contribution is 6.04. The summed E-state index contributed by atoms with van der Waals surface area (Å²) in [6, 6.07) is 11.4. The molecule has 0 saturated heterocycles. The van der Waals surface area contributed by atoms with Crippen molar-refractivity contribution in [1.29, 1.82) is 0 Å². The summed E-state index contributed by atoms with van der Waals surface area (Å²) in [5.74, 6) is 0.448. The van der Waals surface area contributed by atoms with Crippen LogP contribution in [0.1, 0.15) is 16.1 Å². The highest BCUT2D eigenvalue weighted by Crippen LogP contribution is 2.23. The van der Waals surface area contributed by atoms with Crippen LogP contribution in [-0.2, 0) is 14.1 Å². The normalized spacial score (nSPS) is 10.8. The van der Waals surface area contributed by atoms with E-state index in [1.807, 2.05) is 63.6 Å². The maximum atomic E-state index is 12.7. The molecule has 0 atom stereocenters. The number of hydrogen-bond acceptors (Lipinski definition) is 4. The van der Waals surface area contributed by atoms with Gasteiger partial charge in [-0.15, -0.1) is 0 Å². The maximum Gasteiger partial charge on any atom is 0.272 e. The molecule has 0 aliphatic heterocycles. The van der Waals surface area contributed by atoms with Gasteiger partial charge in [0.25, 0.3) is 5.91 Å². The third kappa shape index (κ3) is 3.42. The van der Waals surface area contributed by atoms with Crippen molar-refractivity contribution in [3.8, 4) is 22.6 Å². The maximum absolute atomic E-state index is 12.7. The number of aryl methyl sites for hydroxylation is 3. The van der Waals surface area contributed by atoms with Gasteiger partial charge in [-0.1, -0.05) is 12.1 Å². The molecule has 4 rings (SSSR count). The van der Waals surface area contributed by atoms with E-state index >= 15 is 0 Å². The fraction of sp³-hybridized carbons (Fsp3) is 0.143. The van der Waals surface area contributed by atoms with Crippen molar-refractivity contribution >= 4 is 11.6 Å². The Balaban J connectivity index is 1.57. The molecule has 1 amide bonds. The second-order valence-corrected chi connectivity index (χ2v) is 6.68. The van der Waals surface area contributed by atoms with Gasteiger partial charge in [0, 0.05) is 55.7 Å². The molecule has 0 radical (unpaired) electrons. The van der Waals surface area contributed by atoms with Crippen LogP contribution in [0.4, 0.5) is 5.69 Å². The zero-order chi connectivity index (χ0) is 19.7. The molecule has 0 aliphatic carbocycles. The summed E-state index contributed by atoms with van der Waals surface area (Å²) in [5, 5.41) is 7.07. The second-order valence-electron chi connectivity index (χ2n) is 6.68. The van der Waals surface area contributed by atoms with Crippen LogP contribution in [0.3, 0.4) is 0 Å². The SMILES string of the molecule is Cc1cccc(NC(=O)c2cc(-c3cnc(-c4ccnn4C)nc3)cn2C)c1. The lowest BCUT2D eigenvalue weighted by Crippen LogP contribution is -2.15. The molecule has 0 saturated carbocycles. The Morgan fingerprint density at radius 1 is 1.04 bits per heavy atom. The molecule has 140 valence electrons. The Labute approximate surface area is 162 Å². The molecule has 4 aromatic rings. The molecule has 3 aromatic heterocycles.